The van der Waals surface area contributed by atoms with Crippen molar-refractivity contribution in [2.45, 2.75) is 31.8 Å². The number of nitriles is 1. The zero-order chi connectivity index (χ0) is 15.0. The predicted molar refractivity (Wildman–Crippen MR) is 78.8 cm³/mol. The number of nitrogens with one attached hydrogen (secondary N) is 1. The average Bonchev–Trinajstić information content (AvgIpc) is 3.21. The summed E-state index contributed by atoms with van der Waals surface area (Å²) in [4.78, 5) is 28.4. The number of carbonyl (C=O) groups excluding carboxylic acids is 1. The van der Waals surface area contributed by atoms with Crippen LogP contribution in [0.5, 0.6) is 0 Å². The molecule has 1 atom stereocenters. The molecule has 0 saturated heterocycles. The van der Waals surface area contributed by atoms with Crippen molar-refractivity contribution in [3.8, 4) is 6.07 Å². The van der Waals surface area contributed by atoms with Crippen LogP contribution < -0.4 is 10.9 Å². The molecule has 2 heterocycles. The standard InChI is InChI=1S/C14H14N4O2S/c1-14(7-15,9-2-3-9)17-11(19)6-18-8-16-10-4-5-21-12(10)13(18)20/h4-5,8-9H,2-3,6H2,1H3,(H,17,19)/t14-/m1/s1. The molecule has 2 aromatic heterocycles. The highest BCUT2D eigenvalue weighted by atomic mass is 32.1. The summed E-state index contributed by atoms with van der Waals surface area (Å²) in [5.41, 5.74) is -0.432. The number of rotatable bonds is 4. The van der Waals surface area contributed by atoms with Crippen LogP contribution in [0.4, 0.5) is 0 Å². The maximum absolute atomic E-state index is 12.2. The van der Waals surface area contributed by atoms with Crippen molar-refractivity contribution >= 4 is 27.5 Å². The van der Waals surface area contributed by atoms with Gasteiger partial charge in [-0.05, 0) is 37.1 Å². The van der Waals surface area contributed by atoms with Gasteiger partial charge in [0, 0.05) is 0 Å². The van der Waals surface area contributed by atoms with Crippen molar-refractivity contribution in [3.05, 3.63) is 28.1 Å². The molecule has 1 aliphatic rings. The molecule has 6 nitrogen and oxygen atoms in total. The lowest BCUT2D eigenvalue weighted by molar-refractivity contribution is -0.123. The van der Waals surface area contributed by atoms with Crippen molar-refractivity contribution in [1.29, 1.82) is 5.26 Å². The van der Waals surface area contributed by atoms with E-state index in [9.17, 15) is 14.9 Å². The lowest BCUT2D eigenvalue weighted by atomic mass is 9.98. The van der Waals surface area contributed by atoms with E-state index in [4.69, 9.17) is 0 Å². The summed E-state index contributed by atoms with van der Waals surface area (Å²) in [6.07, 6.45) is 3.28. The van der Waals surface area contributed by atoms with Crippen LogP contribution in [0.25, 0.3) is 10.2 Å². The lowest BCUT2D eigenvalue weighted by Gasteiger charge is -2.22. The molecule has 1 fully saturated rings. The summed E-state index contributed by atoms with van der Waals surface area (Å²) in [5, 5.41) is 13.8. The van der Waals surface area contributed by atoms with Crippen LogP contribution in [-0.2, 0) is 11.3 Å². The number of fused-ring (bicyclic) bond motifs is 1. The number of nitrogens with zero attached hydrogens (tertiary/aromatic N) is 3. The zero-order valence-corrected chi connectivity index (χ0v) is 12.3. The van der Waals surface area contributed by atoms with Gasteiger partial charge in [0.1, 0.15) is 16.8 Å². The Labute approximate surface area is 125 Å². The first-order chi connectivity index (χ1) is 10.0. The molecular formula is C14H14N4O2S. The van der Waals surface area contributed by atoms with Gasteiger partial charge in [-0.25, -0.2) is 4.98 Å². The Kier molecular flexibility index (Phi) is 3.26. The molecule has 0 aliphatic heterocycles. The van der Waals surface area contributed by atoms with Crippen LogP contribution in [0.3, 0.4) is 0 Å². The van der Waals surface area contributed by atoms with Gasteiger partial charge in [0.15, 0.2) is 0 Å². The Morgan fingerprint density at radius 2 is 2.43 bits per heavy atom. The number of hydrogen-bond acceptors (Lipinski definition) is 5. The second-order valence-corrected chi connectivity index (χ2v) is 6.37. The van der Waals surface area contributed by atoms with Crippen LogP contribution >= 0.6 is 11.3 Å². The van der Waals surface area contributed by atoms with E-state index in [-0.39, 0.29) is 23.9 Å². The van der Waals surface area contributed by atoms with Crippen molar-refractivity contribution in [2.24, 2.45) is 5.92 Å². The molecule has 0 radical (unpaired) electrons. The van der Waals surface area contributed by atoms with Crippen LogP contribution in [-0.4, -0.2) is 21.0 Å². The van der Waals surface area contributed by atoms with Crippen LogP contribution in [0.15, 0.2) is 22.6 Å². The summed E-state index contributed by atoms with van der Waals surface area (Å²) in [6.45, 7) is 1.61. The molecule has 1 aliphatic carbocycles. The van der Waals surface area contributed by atoms with Gasteiger partial charge in [0.2, 0.25) is 5.91 Å². The molecule has 0 unspecified atom stereocenters. The molecule has 21 heavy (non-hydrogen) atoms. The molecule has 1 N–H and O–H groups in total. The monoisotopic (exact) mass is 302 g/mol. The van der Waals surface area contributed by atoms with E-state index in [2.05, 4.69) is 16.4 Å². The van der Waals surface area contributed by atoms with Gasteiger partial charge in [-0.1, -0.05) is 0 Å². The highest BCUT2D eigenvalue weighted by molar-refractivity contribution is 7.17. The fourth-order valence-electron chi connectivity index (χ4n) is 2.36. The minimum absolute atomic E-state index is 0.121. The van der Waals surface area contributed by atoms with Crippen LogP contribution in [0.1, 0.15) is 19.8 Å². The maximum atomic E-state index is 12.2. The number of aromatic nitrogens is 2. The Bertz CT molecular complexity index is 799. The van der Waals surface area contributed by atoms with E-state index < -0.39 is 5.54 Å². The van der Waals surface area contributed by atoms with E-state index >= 15 is 0 Å². The number of amides is 1. The van der Waals surface area contributed by atoms with Gasteiger partial charge < -0.3 is 5.32 Å². The second-order valence-electron chi connectivity index (χ2n) is 5.45. The van der Waals surface area contributed by atoms with Crippen molar-refractivity contribution < 1.29 is 4.79 Å². The molecule has 0 aromatic carbocycles. The van der Waals surface area contributed by atoms with E-state index in [0.29, 0.717) is 10.2 Å². The maximum Gasteiger partial charge on any atom is 0.271 e. The summed E-state index contributed by atoms with van der Waals surface area (Å²) in [6, 6.07) is 3.93. The molecular weight excluding hydrogens is 288 g/mol. The molecule has 7 heteroatoms. The van der Waals surface area contributed by atoms with Crippen LogP contribution in [0, 0.1) is 17.2 Å². The SMILES string of the molecule is C[C@](C#N)(NC(=O)Cn1cnc2ccsc2c1=O)C1CC1. The molecule has 1 saturated carbocycles. The molecule has 3 rings (SSSR count). The third-order valence-electron chi connectivity index (χ3n) is 3.77. The Morgan fingerprint density at radius 3 is 3.10 bits per heavy atom. The normalized spacial score (nSPS) is 17.1. The Balaban J connectivity index is 1.79. The first-order valence-corrected chi connectivity index (χ1v) is 7.56. The summed E-state index contributed by atoms with van der Waals surface area (Å²) >= 11 is 1.31. The van der Waals surface area contributed by atoms with Gasteiger partial charge >= 0.3 is 0 Å². The zero-order valence-electron chi connectivity index (χ0n) is 11.5. The number of carbonyl (C=O) groups is 1. The largest absolute Gasteiger partial charge is 0.336 e. The lowest BCUT2D eigenvalue weighted by Crippen LogP contribution is -2.48. The van der Waals surface area contributed by atoms with E-state index in [1.165, 1.54) is 22.2 Å². The molecule has 1 amide bonds. The summed E-state index contributed by atoms with van der Waals surface area (Å²) in [5.74, 6) is -0.133. The topological polar surface area (TPSA) is 87.8 Å². The third-order valence-corrected chi connectivity index (χ3v) is 4.67. The number of thiophene rings is 1. The molecule has 0 bridgehead atoms. The molecule has 2 aromatic rings. The Hall–Kier alpha value is -2.20. The van der Waals surface area contributed by atoms with E-state index in [0.717, 1.165) is 12.8 Å². The van der Waals surface area contributed by atoms with Gasteiger partial charge in [-0.2, -0.15) is 5.26 Å². The summed E-state index contributed by atoms with van der Waals surface area (Å²) in [7, 11) is 0. The van der Waals surface area contributed by atoms with Gasteiger partial charge in [0.05, 0.1) is 17.9 Å². The van der Waals surface area contributed by atoms with Crippen molar-refractivity contribution in [2.75, 3.05) is 0 Å². The molecule has 0 spiro atoms. The summed E-state index contributed by atoms with van der Waals surface area (Å²) < 4.78 is 1.81. The minimum atomic E-state index is -0.846. The van der Waals surface area contributed by atoms with Gasteiger partial charge in [0.25, 0.3) is 5.56 Å². The quantitative estimate of drug-likeness (QED) is 0.921. The second kappa shape index (κ2) is 4.97. The highest BCUT2D eigenvalue weighted by Gasteiger charge is 2.43. The number of hydrogen-bond donors (Lipinski definition) is 1. The fraction of sp³-hybridized carbons (Fsp3) is 0.429. The average molecular weight is 302 g/mol. The van der Waals surface area contributed by atoms with Gasteiger partial charge in [-0.3, -0.25) is 14.2 Å². The first-order valence-electron chi connectivity index (χ1n) is 6.68. The van der Waals surface area contributed by atoms with Crippen LogP contribution in [0.2, 0.25) is 0 Å². The minimum Gasteiger partial charge on any atom is -0.336 e. The predicted octanol–water partition coefficient (Wildman–Crippen LogP) is 1.27. The molecule has 108 valence electrons. The van der Waals surface area contributed by atoms with Gasteiger partial charge in [-0.15, -0.1) is 11.3 Å². The van der Waals surface area contributed by atoms with E-state index in [1.54, 1.807) is 18.4 Å². The fourth-order valence-corrected chi connectivity index (χ4v) is 3.15. The first kappa shape index (κ1) is 13.8. The Morgan fingerprint density at radius 1 is 1.67 bits per heavy atom. The van der Waals surface area contributed by atoms with Crippen molar-refractivity contribution in [1.82, 2.24) is 14.9 Å². The smallest absolute Gasteiger partial charge is 0.271 e. The highest BCUT2D eigenvalue weighted by Crippen LogP contribution is 2.39. The van der Waals surface area contributed by atoms with E-state index in [1.807, 2.05) is 0 Å². The van der Waals surface area contributed by atoms with Crippen molar-refractivity contribution in [3.63, 3.8) is 0 Å². The third kappa shape index (κ3) is 2.54.